The van der Waals surface area contributed by atoms with Gasteiger partial charge in [-0.25, -0.2) is 0 Å². The van der Waals surface area contributed by atoms with Gasteiger partial charge in [-0.3, -0.25) is 4.79 Å². The molecule has 0 radical (unpaired) electrons. The van der Waals surface area contributed by atoms with Crippen LogP contribution in [0, 0.1) is 5.41 Å². The first-order valence-electron chi connectivity index (χ1n) is 5.78. The maximum absolute atomic E-state index is 12.0. The monoisotopic (exact) mass is 182 g/mol. The Hall–Kier alpha value is -0.330. The summed E-state index contributed by atoms with van der Waals surface area (Å²) in [5.41, 5.74) is 0.0560. The van der Waals surface area contributed by atoms with Crippen LogP contribution in [0.1, 0.15) is 65.2 Å². The zero-order valence-corrected chi connectivity index (χ0v) is 9.07. The van der Waals surface area contributed by atoms with E-state index in [0.29, 0.717) is 5.78 Å². The summed E-state index contributed by atoms with van der Waals surface area (Å²) in [6.45, 7) is 4.34. The van der Waals surface area contributed by atoms with Crippen molar-refractivity contribution in [2.45, 2.75) is 65.2 Å². The number of carbonyl (C=O) groups excluding carboxylic acids is 1. The van der Waals surface area contributed by atoms with Crippen molar-refractivity contribution in [2.24, 2.45) is 5.41 Å². The van der Waals surface area contributed by atoms with Gasteiger partial charge >= 0.3 is 0 Å². The van der Waals surface area contributed by atoms with Gasteiger partial charge in [0.15, 0.2) is 0 Å². The number of Topliss-reactive ketones (excluding diaryl/α,β-unsaturated/α-hetero) is 1. The molecular formula is C12H22O. The highest BCUT2D eigenvalue weighted by Gasteiger charge is 2.33. The van der Waals surface area contributed by atoms with Gasteiger partial charge in [-0.05, 0) is 25.7 Å². The van der Waals surface area contributed by atoms with Gasteiger partial charge in [-0.2, -0.15) is 0 Å². The molecule has 76 valence electrons. The fourth-order valence-corrected chi connectivity index (χ4v) is 2.50. The molecule has 13 heavy (non-hydrogen) atoms. The summed E-state index contributed by atoms with van der Waals surface area (Å²) in [4.78, 5) is 12.0. The number of ketones is 1. The Bertz CT molecular complexity index is 168. The molecule has 0 aromatic heterocycles. The third-order valence-electron chi connectivity index (χ3n) is 3.75. The first-order valence-corrected chi connectivity index (χ1v) is 5.78. The van der Waals surface area contributed by atoms with Crippen LogP contribution in [-0.4, -0.2) is 5.78 Å². The second-order valence-electron chi connectivity index (χ2n) is 4.32. The lowest BCUT2D eigenvalue weighted by Crippen LogP contribution is -2.30. The van der Waals surface area contributed by atoms with E-state index in [1.54, 1.807) is 0 Å². The SMILES string of the molecule is CCC1(CC)CCCCCCC1=O. The van der Waals surface area contributed by atoms with Gasteiger partial charge < -0.3 is 0 Å². The molecule has 0 spiro atoms. The van der Waals surface area contributed by atoms with Gasteiger partial charge in [-0.15, -0.1) is 0 Å². The van der Waals surface area contributed by atoms with Crippen molar-refractivity contribution in [1.82, 2.24) is 0 Å². The Morgan fingerprint density at radius 3 is 2.31 bits per heavy atom. The van der Waals surface area contributed by atoms with Gasteiger partial charge in [0, 0.05) is 11.8 Å². The Kier molecular flexibility index (Phi) is 3.95. The molecule has 1 heteroatoms. The molecule has 0 atom stereocenters. The van der Waals surface area contributed by atoms with Crippen LogP contribution in [0.5, 0.6) is 0 Å². The Labute approximate surface area is 81.9 Å². The van der Waals surface area contributed by atoms with Gasteiger partial charge in [-0.1, -0.05) is 33.1 Å². The second kappa shape index (κ2) is 4.78. The van der Waals surface area contributed by atoms with Gasteiger partial charge in [0.25, 0.3) is 0 Å². The molecule has 1 aliphatic rings. The van der Waals surface area contributed by atoms with Crippen LogP contribution < -0.4 is 0 Å². The molecular weight excluding hydrogens is 160 g/mol. The summed E-state index contributed by atoms with van der Waals surface area (Å²) in [6.07, 6.45) is 9.03. The van der Waals surface area contributed by atoms with Crippen molar-refractivity contribution < 1.29 is 4.79 Å². The number of hydrogen-bond donors (Lipinski definition) is 0. The molecule has 1 rings (SSSR count). The topological polar surface area (TPSA) is 17.1 Å². The summed E-state index contributed by atoms with van der Waals surface area (Å²) in [5.74, 6) is 0.539. The number of rotatable bonds is 2. The van der Waals surface area contributed by atoms with E-state index < -0.39 is 0 Å². The van der Waals surface area contributed by atoms with Crippen LogP contribution in [0.3, 0.4) is 0 Å². The minimum absolute atomic E-state index is 0.0560. The van der Waals surface area contributed by atoms with E-state index in [-0.39, 0.29) is 5.41 Å². The predicted octanol–water partition coefficient (Wildman–Crippen LogP) is 3.72. The summed E-state index contributed by atoms with van der Waals surface area (Å²) >= 11 is 0. The minimum Gasteiger partial charge on any atom is -0.299 e. The Morgan fingerprint density at radius 1 is 1.08 bits per heavy atom. The lowest BCUT2D eigenvalue weighted by atomic mass is 9.71. The molecule has 0 bridgehead atoms. The maximum atomic E-state index is 12.0. The van der Waals surface area contributed by atoms with E-state index in [0.717, 1.165) is 32.1 Å². The van der Waals surface area contributed by atoms with Gasteiger partial charge in [0.1, 0.15) is 5.78 Å². The van der Waals surface area contributed by atoms with Crippen LogP contribution >= 0.6 is 0 Å². The van der Waals surface area contributed by atoms with Crippen LogP contribution in [0.25, 0.3) is 0 Å². The Morgan fingerprint density at radius 2 is 1.69 bits per heavy atom. The highest BCUT2D eigenvalue weighted by molar-refractivity contribution is 5.84. The van der Waals surface area contributed by atoms with E-state index in [1.165, 1.54) is 19.3 Å². The zero-order chi connectivity index (χ0) is 9.73. The van der Waals surface area contributed by atoms with Crippen LogP contribution in [-0.2, 0) is 4.79 Å². The average Bonchev–Trinajstić information content (AvgIpc) is 2.14. The molecule has 0 aromatic rings. The molecule has 0 aromatic carbocycles. The van der Waals surface area contributed by atoms with Crippen molar-refractivity contribution >= 4 is 5.78 Å². The molecule has 1 aliphatic carbocycles. The lowest BCUT2D eigenvalue weighted by Gasteiger charge is -2.31. The fraction of sp³-hybridized carbons (Fsp3) is 0.917. The molecule has 0 N–H and O–H groups in total. The summed E-state index contributed by atoms with van der Waals surface area (Å²) in [6, 6.07) is 0. The number of carbonyl (C=O) groups is 1. The third kappa shape index (κ3) is 2.32. The Balaban J connectivity index is 2.69. The first kappa shape index (κ1) is 10.7. The summed E-state index contributed by atoms with van der Waals surface area (Å²) < 4.78 is 0. The van der Waals surface area contributed by atoms with Crippen molar-refractivity contribution in [1.29, 1.82) is 0 Å². The highest BCUT2D eigenvalue weighted by atomic mass is 16.1. The summed E-state index contributed by atoms with van der Waals surface area (Å²) in [5, 5.41) is 0. The van der Waals surface area contributed by atoms with Crippen molar-refractivity contribution in [2.75, 3.05) is 0 Å². The predicted molar refractivity (Wildman–Crippen MR) is 55.7 cm³/mol. The lowest BCUT2D eigenvalue weighted by molar-refractivity contribution is -0.130. The van der Waals surface area contributed by atoms with E-state index in [2.05, 4.69) is 13.8 Å². The molecule has 0 amide bonds. The minimum atomic E-state index is 0.0560. The van der Waals surface area contributed by atoms with Gasteiger partial charge in [0.2, 0.25) is 0 Å². The van der Waals surface area contributed by atoms with E-state index in [4.69, 9.17) is 0 Å². The molecule has 0 unspecified atom stereocenters. The van der Waals surface area contributed by atoms with Crippen LogP contribution in [0.2, 0.25) is 0 Å². The smallest absolute Gasteiger partial charge is 0.139 e. The normalized spacial score (nSPS) is 23.7. The average molecular weight is 182 g/mol. The van der Waals surface area contributed by atoms with Crippen LogP contribution in [0.4, 0.5) is 0 Å². The third-order valence-corrected chi connectivity index (χ3v) is 3.75. The highest BCUT2D eigenvalue weighted by Crippen LogP contribution is 2.37. The first-order chi connectivity index (χ1) is 6.25. The van der Waals surface area contributed by atoms with E-state index >= 15 is 0 Å². The summed E-state index contributed by atoms with van der Waals surface area (Å²) in [7, 11) is 0. The molecule has 0 heterocycles. The maximum Gasteiger partial charge on any atom is 0.139 e. The number of hydrogen-bond acceptors (Lipinski definition) is 1. The zero-order valence-electron chi connectivity index (χ0n) is 9.07. The van der Waals surface area contributed by atoms with Crippen molar-refractivity contribution in [3.63, 3.8) is 0 Å². The molecule has 0 saturated heterocycles. The van der Waals surface area contributed by atoms with E-state index in [9.17, 15) is 4.79 Å². The van der Waals surface area contributed by atoms with E-state index in [1.807, 2.05) is 0 Å². The molecule has 1 nitrogen and oxygen atoms in total. The molecule has 1 fully saturated rings. The van der Waals surface area contributed by atoms with Crippen molar-refractivity contribution in [3.05, 3.63) is 0 Å². The van der Waals surface area contributed by atoms with Crippen LogP contribution in [0.15, 0.2) is 0 Å². The standard InChI is InChI=1S/C12H22O/c1-3-12(4-2)10-8-6-5-7-9-11(12)13/h3-10H2,1-2H3. The fourth-order valence-electron chi connectivity index (χ4n) is 2.50. The largest absolute Gasteiger partial charge is 0.299 e. The van der Waals surface area contributed by atoms with Gasteiger partial charge in [0.05, 0.1) is 0 Å². The molecule has 1 saturated carbocycles. The van der Waals surface area contributed by atoms with Crippen molar-refractivity contribution in [3.8, 4) is 0 Å². The molecule has 0 aliphatic heterocycles. The second-order valence-corrected chi connectivity index (χ2v) is 4.32. The quantitative estimate of drug-likeness (QED) is 0.636.